The molecule has 0 spiro atoms. The Balaban J connectivity index is 2.59. The first kappa shape index (κ1) is 10.5. The van der Waals surface area contributed by atoms with Gasteiger partial charge in [-0.15, -0.1) is 0 Å². The maximum Gasteiger partial charge on any atom is 0.309 e. The number of aliphatic hydroxyl groups is 1. The van der Waals surface area contributed by atoms with Gasteiger partial charge in [-0.25, -0.2) is 0 Å². The van der Waals surface area contributed by atoms with Gasteiger partial charge in [0, 0.05) is 0 Å². The number of carboxylic acid groups (broad SMARTS) is 1. The molecule has 0 aromatic carbocycles. The molecule has 1 aliphatic carbocycles. The fraction of sp³-hybridized carbons (Fsp3) is 0.900. The van der Waals surface area contributed by atoms with Crippen LogP contribution in [0.3, 0.4) is 0 Å². The summed E-state index contributed by atoms with van der Waals surface area (Å²) in [4.78, 5) is 10.9. The minimum Gasteiger partial charge on any atom is -0.481 e. The van der Waals surface area contributed by atoms with E-state index in [9.17, 15) is 9.90 Å². The highest BCUT2D eigenvalue weighted by Crippen LogP contribution is 2.44. The van der Waals surface area contributed by atoms with Gasteiger partial charge >= 0.3 is 5.97 Å². The lowest BCUT2D eigenvalue weighted by molar-refractivity contribution is -0.166. The molecule has 2 N–H and O–H groups in total. The topological polar surface area (TPSA) is 57.5 Å². The minimum atomic E-state index is -0.915. The van der Waals surface area contributed by atoms with Gasteiger partial charge in [0.25, 0.3) is 0 Å². The summed E-state index contributed by atoms with van der Waals surface area (Å²) in [5.41, 5.74) is -0.915. The van der Waals surface area contributed by atoms with Gasteiger partial charge in [-0.2, -0.15) is 0 Å². The van der Waals surface area contributed by atoms with E-state index in [1.807, 2.05) is 13.8 Å². The molecule has 0 aromatic heterocycles. The zero-order valence-corrected chi connectivity index (χ0v) is 8.29. The van der Waals surface area contributed by atoms with E-state index in [1.165, 1.54) is 0 Å². The van der Waals surface area contributed by atoms with Crippen LogP contribution in [0, 0.1) is 11.8 Å². The molecule has 3 heteroatoms. The largest absolute Gasteiger partial charge is 0.481 e. The van der Waals surface area contributed by atoms with E-state index in [2.05, 4.69) is 0 Å². The van der Waals surface area contributed by atoms with Crippen LogP contribution in [0.2, 0.25) is 0 Å². The summed E-state index contributed by atoms with van der Waals surface area (Å²) < 4.78 is 0. The quantitative estimate of drug-likeness (QED) is 0.701. The van der Waals surface area contributed by atoms with Crippen molar-refractivity contribution in [1.82, 2.24) is 0 Å². The third kappa shape index (κ3) is 2.02. The molecule has 3 nitrogen and oxygen atoms in total. The van der Waals surface area contributed by atoms with Gasteiger partial charge in [-0.05, 0) is 25.2 Å². The van der Waals surface area contributed by atoms with Crippen molar-refractivity contribution in [3.05, 3.63) is 0 Å². The first-order valence-electron chi connectivity index (χ1n) is 4.94. The molecule has 1 fully saturated rings. The average Bonchev–Trinajstić information content (AvgIpc) is 1.96. The molecule has 76 valence electrons. The highest BCUT2D eigenvalue weighted by atomic mass is 16.4. The lowest BCUT2D eigenvalue weighted by Gasteiger charge is -2.45. The Morgan fingerprint density at radius 3 is 2.46 bits per heavy atom. The molecular formula is C10H18O3. The first-order valence-corrected chi connectivity index (χ1v) is 4.94. The molecule has 1 rings (SSSR count). The van der Waals surface area contributed by atoms with E-state index >= 15 is 0 Å². The molecule has 0 heterocycles. The number of carbonyl (C=O) groups is 1. The fourth-order valence-electron chi connectivity index (χ4n) is 2.34. The van der Waals surface area contributed by atoms with Crippen LogP contribution in [0.4, 0.5) is 0 Å². The second-order valence-corrected chi connectivity index (χ2v) is 4.30. The Bertz CT molecular complexity index is 194. The summed E-state index contributed by atoms with van der Waals surface area (Å²) in [5, 5.41) is 18.9. The smallest absolute Gasteiger partial charge is 0.309 e. The van der Waals surface area contributed by atoms with Crippen molar-refractivity contribution < 1.29 is 15.0 Å². The maximum atomic E-state index is 10.9. The summed E-state index contributed by atoms with van der Waals surface area (Å²) in [6.07, 6.45) is 2.68. The van der Waals surface area contributed by atoms with E-state index in [-0.39, 0.29) is 0 Å². The predicted molar refractivity (Wildman–Crippen MR) is 49.4 cm³/mol. The van der Waals surface area contributed by atoms with Crippen molar-refractivity contribution >= 4 is 5.97 Å². The van der Waals surface area contributed by atoms with E-state index in [0.717, 1.165) is 6.42 Å². The average molecular weight is 186 g/mol. The van der Waals surface area contributed by atoms with E-state index in [0.29, 0.717) is 25.2 Å². The van der Waals surface area contributed by atoms with Gasteiger partial charge in [0.05, 0.1) is 11.5 Å². The normalized spacial score (nSPS) is 35.2. The van der Waals surface area contributed by atoms with Crippen LogP contribution < -0.4 is 0 Å². The predicted octanol–water partition coefficient (Wildman–Crippen LogP) is 1.65. The van der Waals surface area contributed by atoms with Gasteiger partial charge in [0.1, 0.15) is 0 Å². The van der Waals surface area contributed by atoms with E-state index < -0.39 is 17.5 Å². The number of carboxylic acids is 1. The molecule has 0 aliphatic heterocycles. The van der Waals surface area contributed by atoms with Gasteiger partial charge in [-0.3, -0.25) is 4.79 Å². The molecule has 0 saturated heterocycles. The van der Waals surface area contributed by atoms with Crippen LogP contribution in [-0.4, -0.2) is 21.8 Å². The first-order chi connectivity index (χ1) is 5.99. The third-order valence-corrected chi connectivity index (χ3v) is 2.93. The number of hydrogen-bond acceptors (Lipinski definition) is 2. The molecule has 1 aliphatic rings. The summed E-state index contributed by atoms with van der Waals surface area (Å²) in [7, 11) is 0. The van der Waals surface area contributed by atoms with Crippen molar-refractivity contribution in [3.8, 4) is 0 Å². The highest BCUT2D eigenvalue weighted by Gasteiger charge is 2.49. The van der Waals surface area contributed by atoms with Crippen LogP contribution >= 0.6 is 0 Å². The molecule has 1 unspecified atom stereocenters. The zero-order valence-electron chi connectivity index (χ0n) is 8.29. The monoisotopic (exact) mass is 186 g/mol. The fourth-order valence-corrected chi connectivity index (χ4v) is 2.34. The summed E-state index contributed by atoms with van der Waals surface area (Å²) >= 11 is 0. The second kappa shape index (κ2) is 3.66. The van der Waals surface area contributed by atoms with Gasteiger partial charge in [0.15, 0.2) is 0 Å². The lowest BCUT2D eigenvalue weighted by Crippen LogP contribution is -2.51. The molecule has 0 aromatic rings. The van der Waals surface area contributed by atoms with E-state index in [4.69, 9.17) is 5.11 Å². The van der Waals surface area contributed by atoms with Gasteiger partial charge < -0.3 is 10.2 Å². The SMILES string of the molecule is CCCC(C(=O)O)C1(O)CC(C)C1. The molecular weight excluding hydrogens is 168 g/mol. The van der Waals surface area contributed by atoms with Crippen LogP contribution in [-0.2, 0) is 4.79 Å². The standard InChI is InChI=1S/C10H18O3/c1-3-4-8(9(11)12)10(13)5-7(2)6-10/h7-8,13H,3-6H2,1-2H3,(H,11,12). The van der Waals surface area contributed by atoms with Gasteiger partial charge in [-0.1, -0.05) is 20.3 Å². The van der Waals surface area contributed by atoms with Gasteiger partial charge in [0.2, 0.25) is 0 Å². The third-order valence-electron chi connectivity index (χ3n) is 2.93. The summed E-state index contributed by atoms with van der Waals surface area (Å²) in [6.45, 7) is 3.99. The Hall–Kier alpha value is -0.570. The molecule has 0 bridgehead atoms. The maximum absolute atomic E-state index is 10.9. The summed E-state index contributed by atoms with van der Waals surface area (Å²) in [6, 6.07) is 0. The Kier molecular flexibility index (Phi) is 2.96. The Morgan fingerprint density at radius 1 is 1.62 bits per heavy atom. The van der Waals surface area contributed by atoms with Crippen LogP contribution in [0.15, 0.2) is 0 Å². The van der Waals surface area contributed by atoms with Crippen molar-refractivity contribution in [2.45, 2.75) is 45.1 Å². The van der Waals surface area contributed by atoms with Crippen molar-refractivity contribution in [3.63, 3.8) is 0 Å². The Morgan fingerprint density at radius 2 is 2.15 bits per heavy atom. The Labute approximate surface area is 78.8 Å². The van der Waals surface area contributed by atoms with Crippen molar-refractivity contribution in [1.29, 1.82) is 0 Å². The number of aliphatic carboxylic acids is 1. The number of rotatable bonds is 4. The van der Waals surface area contributed by atoms with Crippen LogP contribution in [0.5, 0.6) is 0 Å². The summed E-state index contributed by atoms with van der Waals surface area (Å²) in [5.74, 6) is -0.936. The molecule has 0 amide bonds. The second-order valence-electron chi connectivity index (χ2n) is 4.30. The van der Waals surface area contributed by atoms with Crippen LogP contribution in [0.25, 0.3) is 0 Å². The zero-order chi connectivity index (χ0) is 10.1. The van der Waals surface area contributed by atoms with E-state index in [1.54, 1.807) is 0 Å². The molecule has 13 heavy (non-hydrogen) atoms. The van der Waals surface area contributed by atoms with Crippen LogP contribution in [0.1, 0.15) is 39.5 Å². The highest BCUT2D eigenvalue weighted by molar-refractivity contribution is 5.71. The number of hydrogen-bond donors (Lipinski definition) is 2. The molecule has 0 radical (unpaired) electrons. The minimum absolute atomic E-state index is 0.476. The van der Waals surface area contributed by atoms with Crippen molar-refractivity contribution in [2.75, 3.05) is 0 Å². The lowest BCUT2D eigenvalue weighted by atomic mass is 9.64. The van der Waals surface area contributed by atoms with Crippen molar-refractivity contribution in [2.24, 2.45) is 11.8 Å². The molecule has 1 saturated carbocycles. The molecule has 1 atom stereocenters.